The normalized spacial score (nSPS) is 18.9. The number of alkyl halides is 1. The van der Waals surface area contributed by atoms with Crippen LogP contribution in [0.1, 0.15) is 61.8 Å². The molecule has 0 saturated carbocycles. The number of benzene rings is 2. The molecule has 0 unspecified atom stereocenters. The molecule has 1 aliphatic heterocycles. The number of hydrogen-bond donors (Lipinski definition) is 1. The zero-order valence-electron chi connectivity index (χ0n) is 20.7. The molecule has 1 saturated heterocycles. The van der Waals surface area contributed by atoms with Crippen LogP contribution in [-0.2, 0) is 17.6 Å². The van der Waals surface area contributed by atoms with Crippen LogP contribution in [0.5, 0.6) is 5.75 Å². The third-order valence-corrected chi connectivity index (χ3v) is 7.86. The molecule has 1 heterocycles. The molecule has 2 aliphatic rings. The number of aryl methyl sites for hydroxylation is 1. The Bertz CT molecular complexity index is 1080. The van der Waals surface area contributed by atoms with Crippen molar-refractivity contribution in [3.63, 3.8) is 0 Å². The lowest BCUT2D eigenvalue weighted by Crippen LogP contribution is -2.26. The van der Waals surface area contributed by atoms with Gasteiger partial charge in [0.05, 0.1) is 12.1 Å². The van der Waals surface area contributed by atoms with Gasteiger partial charge >= 0.3 is 5.97 Å². The van der Waals surface area contributed by atoms with Gasteiger partial charge in [-0.2, -0.15) is 0 Å². The summed E-state index contributed by atoms with van der Waals surface area (Å²) in [7, 11) is 0. The van der Waals surface area contributed by atoms with E-state index in [2.05, 4.69) is 51.2 Å². The van der Waals surface area contributed by atoms with Crippen LogP contribution in [-0.4, -0.2) is 48.4 Å². The van der Waals surface area contributed by atoms with Crippen molar-refractivity contribution in [2.75, 3.05) is 26.3 Å². The number of rotatable bonds is 9. The third-order valence-electron chi connectivity index (χ3n) is 7.07. The Morgan fingerprint density at radius 2 is 1.97 bits per heavy atom. The van der Waals surface area contributed by atoms with E-state index >= 15 is 0 Å². The van der Waals surface area contributed by atoms with Crippen molar-refractivity contribution in [1.82, 2.24) is 4.90 Å². The number of carboxylic acids is 1. The van der Waals surface area contributed by atoms with Gasteiger partial charge in [0.1, 0.15) is 11.9 Å². The minimum absolute atomic E-state index is 0.144. The summed E-state index contributed by atoms with van der Waals surface area (Å²) < 4.78 is 19.9. The summed E-state index contributed by atoms with van der Waals surface area (Å²) in [5.41, 5.74) is 5.00. The Morgan fingerprint density at radius 1 is 1.20 bits per heavy atom. The van der Waals surface area contributed by atoms with E-state index in [-0.39, 0.29) is 12.8 Å². The van der Waals surface area contributed by atoms with Gasteiger partial charge in [0.25, 0.3) is 0 Å². The number of likely N-dealkylation sites (tertiary alicyclic amines) is 1. The largest absolute Gasteiger partial charge is 0.489 e. The van der Waals surface area contributed by atoms with Crippen molar-refractivity contribution in [2.45, 2.75) is 58.5 Å². The quantitative estimate of drug-likeness (QED) is 0.385. The number of ether oxygens (including phenoxy) is 1. The molecule has 188 valence electrons. The average molecular weight is 545 g/mol. The molecule has 4 nitrogen and oxygen atoms in total. The number of carbonyl (C=O) groups is 1. The highest BCUT2D eigenvalue weighted by molar-refractivity contribution is 9.11. The first-order chi connectivity index (χ1) is 16.8. The van der Waals surface area contributed by atoms with Gasteiger partial charge < -0.3 is 9.84 Å². The van der Waals surface area contributed by atoms with E-state index in [9.17, 15) is 14.3 Å². The first-order valence-electron chi connectivity index (χ1n) is 12.6. The molecule has 0 amide bonds. The van der Waals surface area contributed by atoms with Crippen LogP contribution in [0.15, 0.2) is 46.9 Å². The fourth-order valence-corrected chi connectivity index (χ4v) is 5.78. The van der Waals surface area contributed by atoms with Crippen molar-refractivity contribution in [3.05, 3.63) is 69.2 Å². The fraction of sp³-hybridized carbons (Fsp3) is 0.483. The molecule has 0 aromatic heterocycles. The molecule has 35 heavy (non-hydrogen) atoms. The Hall–Kier alpha value is -2.18. The van der Waals surface area contributed by atoms with Crippen LogP contribution in [0, 0.1) is 5.41 Å². The topological polar surface area (TPSA) is 49.8 Å². The van der Waals surface area contributed by atoms with Gasteiger partial charge in [0.15, 0.2) is 0 Å². The molecule has 1 fully saturated rings. The van der Waals surface area contributed by atoms with Gasteiger partial charge in [-0.3, -0.25) is 14.1 Å². The molecule has 1 aliphatic carbocycles. The number of carboxylic acid groups (broad SMARTS) is 1. The molecular formula is C29H35BrFNO3. The Balaban J connectivity index is 1.54. The SMILES string of the molecule is CC(C)(Cc1ccc2c(c1)C(c1ccc(O[C@H]3CCN(CCCF)C3)cc1)=C(Br)CCC2)C(=O)O. The molecule has 4 rings (SSSR count). The highest BCUT2D eigenvalue weighted by Gasteiger charge is 2.28. The second kappa shape index (κ2) is 11.3. The Labute approximate surface area is 216 Å². The number of nitrogens with zero attached hydrogens (tertiary/aromatic N) is 1. The smallest absolute Gasteiger partial charge is 0.309 e. The monoisotopic (exact) mass is 543 g/mol. The summed E-state index contributed by atoms with van der Waals surface area (Å²) >= 11 is 3.86. The molecule has 2 aromatic carbocycles. The summed E-state index contributed by atoms with van der Waals surface area (Å²) in [6.45, 7) is 5.88. The van der Waals surface area contributed by atoms with E-state index in [0.29, 0.717) is 12.8 Å². The van der Waals surface area contributed by atoms with E-state index in [4.69, 9.17) is 4.74 Å². The minimum atomic E-state index is -0.819. The fourth-order valence-electron chi connectivity index (χ4n) is 5.06. The molecule has 0 bridgehead atoms. The molecule has 1 atom stereocenters. The van der Waals surface area contributed by atoms with E-state index in [0.717, 1.165) is 62.2 Å². The predicted octanol–water partition coefficient (Wildman–Crippen LogP) is 6.64. The molecular weight excluding hydrogens is 509 g/mol. The standard InChI is InChI=1S/C29H35BrFNO3/c1-29(2,28(33)34)18-20-7-8-21-5-3-6-26(30)27(25(21)17-20)22-9-11-23(12-10-22)35-24-13-16-32(19-24)15-4-14-31/h7-12,17,24H,3-6,13-16,18-19H2,1-2H3,(H,33,34)/t24-/m0/s1. The number of fused-ring (bicyclic) bond motifs is 1. The Kier molecular flexibility index (Phi) is 8.33. The van der Waals surface area contributed by atoms with E-state index < -0.39 is 11.4 Å². The number of aliphatic carboxylic acids is 1. The lowest BCUT2D eigenvalue weighted by Gasteiger charge is -2.21. The van der Waals surface area contributed by atoms with Crippen LogP contribution in [0.2, 0.25) is 0 Å². The second-order valence-corrected chi connectivity index (χ2v) is 11.3. The second-order valence-electron chi connectivity index (χ2n) is 10.4. The molecule has 2 aromatic rings. The van der Waals surface area contributed by atoms with Gasteiger partial charge in [-0.15, -0.1) is 0 Å². The molecule has 0 spiro atoms. The van der Waals surface area contributed by atoms with E-state index in [1.165, 1.54) is 21.2 Å². The van der Waals surface area contributed by atoms with Gasteiger partial charge in [-0.1, -0.05) is 46.3 Å². The van der Waals surface area contributed by atoms with Gasteiger partial charge in [-0.25, -0.2) is 0 Å². The van der Waals surface area contributed by atoms with Crippen LogP contribution in [0.3, 0.4) is 0 Å². The van der Waals surface area contributed by atoms with Crippen molar-refractivity contribution >= 4 is 27.5 Å². The van der Waals surface area contributed by atoms with Crippen molar-refractivity contribution < 1.29 is 19.0 Å². The molecule has 0 radical (unpaired) electrons. The highest BCUT2D eigenvalue weighted by atomic mass is 79.9. The molecule has 6 heteroatoms. The summed E-state index contributed by atoms with van der Waals surface area (Å²) in [6.07, 6.45) is 5.21. The van der Waals surface area contributed by atoms with Crippen LogP contribution in [0.4, 0.5) is 4.39 Å². The van der Waals surface area contributed by atoms with Crippen molar-refractivity contribution in [2.24, 2.45) is 5.41 Å². The number of allylic oxidation sites excluding steroid dienone is 1. The molecule has 1 N–H and O–H groups in total. The summed E-state index contributed by atoms with van der Waals surface area (Å²) in [5.74, 6) is 0.0707. The maximum Gasteiger partial charge on any atom is 0.309 e. The first-order valence-corrected chi connectivity index (χ1v) is 13.4. The predicted molar refractivity (Wildman–Crippen MR) is 142 cm³/mol. The maximum atomic E-state index is 12.5. The Morgan fingerprint density at radius 3 is 2.69 bits per heavy atom. The third kappa shape index (κ3) is 6.34. The van der Waals surface area contributed by atoms with Gasteiger partial charge in [0, 0.05) is 24.1 Å². The zero-order chi connectivity index (χ0) is 25.0. The van der Waals surface area contributed by atoms with E-state index in [1.807, 2.05) is 12.1 Å². The number of hydrogen-bond acceptors (Lipinski definition) is 3. The highest BCUT2D eigenvalue weighted by Crippen LogP contribution is 2.39. The maximum absolute atomic E-state index is 12.5. The van der Waals surface area contributed by atoms with Crippen molar-refractivity contribution in [1.29, 1.82) is 0 Å². The lowest BCUT2D eigenvalue weighted by atomic mass is 9.83. The average Bonchev–Trinajstić information content (AvgIpc) is 3.20. The number of halogens is 2. The van der Waals surface area contributed by atoms with E-state index in [1.54, 1.807) is 13.8 Å². The van der Waals surface area contributed by atoms with Crippen LogP contribution >= 0.6 is 15.9 Å². The van der Waals surface area contributed by atoms with Crippen LogP contribution in [0.25, 0.3) is 5.57 Å². The van der Waals surface area contributed by atoms with Gasteiger partial charge in [-0.05, 0) is 92.3 Å². The summed E-state index contributed by atoms with van der Waals surface area (Å²) in [6, 6.07) is 14.7. The first kappa shape index (κ1) is 25.9. The zero-order valence-corrected chi connectivity index (χ0v) is 22.2. The van der Waals surface area contributed by atoms with Crippen LogP contribution < -0.4 is 4.74 Å². The van der Waals surface area contributed by atoms with Crippen molar-refractivity contribution in [3.8, 4) is 5.75 Å². The van der Waals surface area contributed by atoms with Gasteiger partial charge in [0.2, 0.25) is 0 Å². The minimum Gasteiger partial charge on any atom is -0.489 e. The summed E-state index contributed by atoms with van der Waals surface area (Å²) in [4.78, 5) is 14.0. The summed E-state index contributed by atoms with van der Waals surface area (Å²) in [5, 5.41) is 9.59. The lowest BCUT2D eigenvalue weighted by molar-refractivity contribution is -0.146.